The highest BCUT2D eigenvalue weighted by Gasteiger charge is 2.25. The molecule has 18 heavy (non-hydrogen) atoms. The van der Waals surface area contributed by atoms with Crippen LogP contribution in [0, 0.1) is 11.3 Å². The van der Waals surface area contributed by atoms with Gasteiger partial charge in [0.05, 0.1) is 6.07 Å². The van der Waals surface area contributed by atoms with Crippen LogP contribution in [0.5, 0.6) is 0 Å². The molecule has 1 aromatic rings. The van der Waals surface area contributed by atoms with E-state index in [4.69, 9.17) is 0 Å². The summed E-state index contributed by atoms with van der Waals surface area (Å²) in [5.74, 6) is 0.534. The Morgan fingerprint density at radius 1 is 1.67 bits per heavy atom. The van der Waals surface area contributed by atoms with Gasteiger partial charge in [-0.25, -0.2) is 9.89 Å². The summed E-state index contributed by atoms with van der Waals surface area (Å²) >= 11 is 1.40. The van der Waals surface area contributed by atoms with Crippen molar-refractivity contribution in [2.24, 2.45) is 0 Å². The van der Waals surface area contributed by atoms with Crippen molar-refractivity contribution in [1.82, 2.24) is 20.1 Å². The third-order valence-corrected chi connectivity index (χ3v) is 3.67. The number of nitriles is 1. The lowest BCUT2D eigenvalue weighted by atomic mass is 10.1. The minimum Gasteiger partial charge on any atom is -0.297 e. The van der Waals surface area contributed by atoms with Gasteiger partial charge in [-0.2, -0.15) is 5.26 Å². The van der Waals surface area contributed by atoms with Crippen LogP contribution in [0.3, 0.4) is 0 Å². The van der Waals surface area contributed by atoms with E-state index in [1.165, 1.54) is 11.8 Å². The fourth-order valence-electron chi connectivity index (χ4n) is 1.64. The van der Waals surface area contributed by atoms with Crippen molar-refractivity contribution in [3.05, 3.63) is 10.5 Å². The van der Waals surface area contributed by atoms with Gasteiger partial charge in [-0.1, -0.05) is 11.8 Å². The molecule has 0 amide bonds. The molecule has 0 saturated carbocycles. The molecule has 100 valence electrons. The van der Waals surface area contributed by atoms with Gasteiger partial charge in [0.1, 0.15) is 5.54 Å². The van der Waals surface area contributed by atoms with Crippen LogP contribution in [0.2, 0.25) is 0 Å². The Balaban J connectivity index is 2.74. The predicted octanol–water partition coefficient (Wildman–Crippen LogP) is 0.964. The summed E-state index contributed by atoms with van der Waals surface area (Å²) in [6, 6.07) is 2.49. The van der Waals surface area contributed by atoms with Gasteiger partial charge in [-0.3, -0.25) is 9.88 Å². The highest BCUT2D eigenvalue weighted by atomic mass is 32.2. The molecule has 0 bridgehead atoms. The van der Waals surface area contributed by atoms with E-state index >= 15 is 0 Å². The van der Waals surface area contributed by atoms with E-state index in [1.807, 2.05) is 27.7 Å². The van der Waals surface area contributed by atoms with Crippen LogP contribution in [0.25, 0.3) is 0 Å². The average Bonchev–Trinajstić information content (AvgIpc) is 2.66. The maximum Gasteiger partial charge on any atom is 0.343 e. The Labute approximate surface area is 111 Å². The second-order valence-electron chi connectivity index (χ2n) is 4.59. The lowest BCUT2D eigenvalue weighted by Crippen LogP contribution is -2.47. The third kappa shape index (κ3) is 3.62. The number of nitrogens with one attached hydrogen (secondary N) is 2. The van der Waals surface area contributed by atoms with Gasteiger partial charge in [0.2, 0.25) is 0 Å². The summed E-state index contributed by atoms with van der Waals surface area (Å²) in [6.45, 7) is 8.30. The molecule has 2 N–H and O–H groups in total. The summed E-state index contributed by atoms with van der Waals surface area (Å²) in [5, 5.41) is 19.4. The second-order valence-corrected chi connectivity index (χ2v) is 5.53. The topological polar surface area (TPSA) is 86.5 Å². The number of H-pyrrole nitrogens is 1. The molecule has 0 aromatic carbocycles. The zero-order chi connectivity index (χ0) is 13.8. The average molecular weight is 269 g/mol. The Kier molecular flexibility index (Phi) is 4.99. The lowest BCUT2D eigenvalue weighted by molar-refractivity contribution is 0.442. The molecular formula is C11H19N5OS. The van der Waals surface area contributed by atoms with E-state index in [0.29, 0.717) is 17.5 Å². The Hall–Kier alpha value is -1.26. The first-order valence-corrected chi connectivity index (χ1v) is 6.87. The molecule has 0 spiro atoms. The summed E-state index contributed by atoms with van der Waals surface area (Å²) in [7, 11) is 0. The predicted molar refractivity (Wildman–Crippen MR) is 71.5 cm³/mol. The molecule has 0 fully saturated rings. The molecule has 1 atom stereocenters. The quantitative estimate of drug-likeness (QED) is 0.751. The first-order valence-electron chi connectivity index (χ1n) is 5.89. The number of rotatable bonds is 6. The van der Waals surface area contributed by atoms with Gasteiger partial charge >= 0.3 is 5.69 Å². The first-order chi connectivity index (χ1) is 8.41. The monoisotopic (exact) mass is 269 g/mol. The van der Waals surface area contributed by atoms with Crippen LogP contribution in [-0.4, -0.2) is 32.1 Å². The fraction of sp³-hybridized carbons (Fsp3) is 0.727. The van der Waals surface area contributed by atoms with E-state index in [9.17, 15) is 10.1 Å². The molecule has 0 aliphatic heterocycles. The molecule has 1 rings (SSSR count). The standard InChI is InChI=1S/C11H19N5OS/c1-5-16-9(17)14-15-10(16)18-7-11(4,6-12)13-8(2)3/h8,13H,5,7H2,1-4H3,(H,14,17). The summed E-state index contributed by atoms with van der Waals surface area (Å²) in [6.07, 6.45) is 0. The van der Waals surface area contributed by atoms with E-state index in [-0.39, 0.29) is 11.7 Å². The minimum absolute atomic E-state index is 0.213. The Morgan fingerprint density at radius 2 is 2.33 bits per heavy atom. The van der Waals surface area contributed by atoms with Crippen LogP contribution in [0.1, 0.15) is 27.7 Å². The van der Waals surface area contributed by atoms with Crippen molar-refractivity contribution >= 4 is 11.8 Å². The molecule has 0 aliphatic rings. The smallest absolute Gasteiger partial charge is 0.297 e. The van der Waals surface area contributed by atoms with Crippen LogP contribution in [0.4, 0.5) is 0 Å². The molecule has 0 saturated heterocycles. The van der Waals surface area contributed by atoms with Crippen LogP contribution >= 0.6 is 11.8 Å². The molecule has 1 heterocycles. The molecule has 6 nitrogen and oxygen atoms in total. The van der Waals surface area contributed by atoms with E-state index in [0.717, 1.165) is 0 Å². The molecule has 0 radical (unpaired) electrons. The largest absolute Gasteiger partial charge is 0.343 e. The van der Waals surface area contributed by atoms with E-state index < -0.39 is 5.54 Å². The van der Waals surface area contributed by atoms with Crippen LogP contribution < -0.4 is 11.0 Å². The zero-order valence-electron chi connectivity index (χ0n) is 11.1. The number of aromatic amines is 1. The maximum absolute atomic E-state index is 11.4. The van der Waals surface area contributed by atoms with E-state index in [1.54, 1.807) is 4.57 Å². The van der Waals surface area contributed by atoms with E-state index in [2.05, 4.69) is 21.6 Å². The van der Waals surface area contributed by atoms with Crippen molar-refractivity contribution in [3.63, 3.8) is 0 Å². The van der Waals surface area contributed by atoms with Crippen molar-refractivity contribution in [2.75, 3.05) is 5.75 Å². The van der Waals surface area contributed by atoms with Gasteiger partial charge in [0.25, 0.3) is 0 Å². The first kappa shape index (κ1) is 14.8. The highest BCUT2D eigenvalue weighted by Crippen LogP contribution is 2.19. The van der Waals surface area contributed by atoms with Gasteiger partial charge in [-0.15, -0.1) is 5.10 Å². The van der Waals surface area contributed by atoms with Gasteiger partial charge in [0, 0.05) is 18.3 Å². The molecule has 1 unspecified atom stereocenters. The van der Waals surface area contributed by atoms with Gasteiger partial charge in [0.15, 0.2) is 5.16 Å². The summed E-state index contributed by atoms with van der Waals surface area (Å²) in [5.41, 5.74) is -0.845. The van der Waals surface area contributed by atoms with Gasteiger partial charge in [-0.05, 0) is 27.7 Å². The third-order valence-electron chi connectivity index (χ3n) is 2.38. The highest BCUT2D eigenvalue weighted by molar-refractivity contribution is 7.99. The van der Waals surface area contributed by atoms with Gasteiger partial charge < -0.3 is 0 Å². The number of aromatic nitrogens is 3. The normalized spacial score (nSPS) is 14.4. The number of hydrogen-bond acceptors (Lipinski definition) is 5. The molecule has 7 heteroatoms. The number of hydrogen-bond donors (Lipinski definition) is 2. The fourth-order valence-corrected chi connectivity index (χ4v) is 2.69. The molecule has 1 aromatic heterocycles. The summed E-state index contributed by atoms with van der Waals surface area (Å²) < 4.78 is 1.55. The molecule has 0 aliphatic carbocycles. The van der Waals surface area contributed by atoms with Crippen LogP contribution in [-0.2, 0) is 6.54 Å². The minimum atomic E-state index is -0.633. The molecular weight excluding hydrogens is 250 g/mol. The van der Waals surface area contributed by atoms with Crippen molar-refractivity contribution in [2.45, 2.75) is 51.0 Å². The number of nitrogens with zero attached hydrogens (tertiary/aromatic N) is 3. The SMILES string of the molecule is CCn1c(SCC(C)(C#N)NC(C)C)n[nH]c1=O. The maximum atomic E-state index is 11.4. The number of thioether (sulfide) groups is 1. The zero-order valence-corrected chi connectivity index (χ0v) is 12.0. The summed E-state index contributed by atoms with van der Waals surface area (Å²) in [4.78, 5) is 11.4. The lowest BCUT2D eigenvalue weighted by Gasteiger charge is -2.25. The van der Waals surface area contributed by atoms with Crippen LogP contribution in [0.15, 0.2) is 9.95 Å². The Bertz CT molecular complexity index is 486. The second kappa shape index (κ2) is 6.07. The van der Waals surface area contributed by atoms with Crippen molar-refractivity contribution < 1.29 is 0 Å². The Morgan fingerprint density at radius 3 is 2.83 bits per heavy atom. The van der Waals surface area contributed by atoms with Crippen molar-refractivity contribution in [1.29, 1.82) is 5.26 Å². The van der Waals surface area contributed by atoms with Crippen molar-refractivity contribution in [3.8, 4) is 6.07 Å².